The largest absolute Gasteiger partial charge is 0.480 e. The van der Waals surface area contributed by atoms with E-state index >= 15 is 0 Å². The number of aliphatic hydroxyl groups excluding tert-OH is 1. The Kier molecular flexibility index (Phi) is 2.24. The third kappa shape index (κ3) is 1.46. The third-order valence-electron chi connectivity index (χ3n) is 1.76. The molecule has 3 N–H and O–H groups in total. The van der Waals surface area contributed by atoms with Gasteiger partial charge in [-0.25, -0.2) is 0 Å². The lowest BCUT2D eigenvalue weighted by Gasteiger charge is -2.06. The maximum atomic E-state index is 10.3. The lowest BCUT2D eigenvalue weighted by atomic mass is 10.2. The lowest BCUT2D eigenvalue weighted by Crippen LogP contribution is -2.36. The molecule has 0 radical (unpaired) electrons. The maximum Gasteiger partial charge on any atom is 0.320 e. The molecular formula is C6H11NO3. The van der Waals surface area contributed by atoms with Gasteiger partial charge in [0.05, 0.1) is 6.61 Å². The van der Waals surface area contributed by atoms with E-state index < -0.39 is 12.0 Å². The molecule has 0 bridgehead atoms. The smallest absolute Gasteiger partial charge is 0.320 e. The molecule has 2 unspecified atom stereocenters. The Labute approximate surface area is 58.9 Å². The predicted octanol–water partition coefficient (Wildman–Crippen LogP) is -0.816. The minimum atomic E-state index is -0.823. The molecule has 1 fully saturated rings. The lowest BCUT2D eigenvalue weighted by molar-refractivity contribution is -0.139. The van der Waals surface area contributed by atoms with Gasteiger partial charge in [0.1, 0.15) is 6.04 Å². The number of aliphatic hydroxyl groups is 1. The number of carboxylic acid groups (broad SMARTS) is 1. The second-order valence-electron chi connectivity index (χ2n) is 2.51. The summed E-state index contributed by atoms with van der Waals surface area (Å²) in [6, 6.07) is -0.460. The molecule has 1 aliphatic rings. The average molecular weight is 145 g/mol. The van der Waals surface area contributed by atoms with Crippen molar-refractivity contribution in [2.24, 2.45) is 0 Å². The molecule has 0 amide bonds. The van der Waals surface area contributed by atoms with Gasteiger partial charge in [0.25, 0.3) is 0 Å². The van der Waals surface area contributed by atoms with Gasteiger partial charge >= 0.3 is 5.97 Å². The molecule has 0 aromatic rings. The van der Waals surface area contributed by atoms with Crippen LogP contribution in [0.1, 0.15) is 12.8 Å². The molecular weight excluding hydrogens is 134 g/mol. The number of carboxylic acids is 1. The van der Waals surface area contributed by atoms with Gasteiger partial charge in [0.2, 0.25) is 0 Å². The fourth-order valence-corrected chi connectivity index (χ4v) is 1.16. The van der Waals surface area contributed by atoms with Crippen LogP contribution in [0.25, 0.3) is 0 Å². The van der Waals surface area contributed by atoms with Crippen molar-refractivity contribution in [3.63, 3.8) is 0 Å². The van der Waals surface area contributed by atoms with Crippen LogP contribution in [0.2, 0.25) is 0 Å². The first-order chi connectivity index (χ1) is 4.74. The predicted molar refractivity (Wildman–Crippen MR) is 34.7 cm³/mol. The number of aliphatic carboxylic acids is 1. The number of carbonyl (C=O) groups is 1. The molecule has 1 aliphatic heterocycles. The SMILES string of the molecule is O=C(O)C1CCC(CO)N1. The van der Waals surface area contributed by atoms with Crippen molar-refractivity contribution in [3.05, 3.63) is 0 Å². The van der Waals surface area contributed by atoms with Crippen molar-refractivity contribution < 1.29 is 15.0 Å². The first-order valence-corrected chi connectivity index (χ1v) is 3.33. The molecule has 0 aromatic carbocycles. The zero-order valence-electron chi connectivity index (χ0n) is 5.58. The fraction of sp³-hybridized carbons (Fsp3) is 0.833. The number of hydrogen-bond acceptors (Lipinski definition) is 3. The Balaban J connectivity index is 2.35. The van der Waals surface area contributed by atoms with E-state index in [2.05, 4.69) is 5.32 Å². The molecule has 0 aromatic heterocycles. The van der Waals surface area contributed by atoms with Crippen LogP contribution < -0.4 is 5.32 Å². The van der Waals surface area contributed by atoms with E-state index in [1.807, 2.05) is 0 Å². The highest BCUT2D eigenvalue weighted by Crippen LogP contribution is 2.11. The summed E-state index contributed by atoms with van der Waals surface area (Å²) in [4.78, 5) is 10.3. The van der Waals surface area contributed by atoms with Crippen molar-refractivity contribution in [1.29, 1.82) is 0 Å². The Morgan fingerprint density at radius 2 is 2.30 bits per heavy atom. The van der Waals surface area contributed by atoms with Crippen LogP contribution in [0.15, 0.2) is 0 Å². The number of nitrogens with one attached hydrogen (secondary N) is 1. The highest BCUT2D eigenvalue weighted by atomic mass is 16.4. The summed E-state index contributed by atoms with van der Waals surface area (Å²) < 4.78 is 0. The van der Waals surface area contributed by atoms with Crippen molar-refractivity contribution in [3.8, 4) is 0 Å². The quantitative estimate of drug-likeness (QED) is 0.475. The summed E-state index contributed by atoms with van der Waals surface area (Å²) in [7, 11) is 0. The van der Waals surface area contributed by atoms with Crippen LogP contribution in [0.3, 0.4) is 0 Å². The van der Waals surface area contributed by atoms with Gasteiger partial charge in [-0.3, -0.25) is 10.1 Å². The van der Waals surface area contributed by atoms with Crippen LogP contribution in [-0.4, -0.2) is 34.9 Å². The van der Waals surface area contributed by atoms with Gasteiger partial charge in [-0.05, 0) is 12.8 Å². The van der Waals surface area contributed by atoms with Gasteiger partial charge < -0.3 is 10.2 Å². The molecule has 58 valence electrons. The molecule has 2 atom stereocenters. The molecule has 0 aliphatic carbocycles. The Hall–Kier alpha value is -0.610. The Morgan fingerprint density at radius 1 is 1.60 bits per heavy atom. The molecule has 10 heavy (non-hydrogen) atoms. The van der Waals surface area contributed by atoms with Gasteiger partial charge in [-0.1, -0.05) is 0 Å². The van der Waals surface area contributed by atoms with Gasteiger partial charge in [0, 0.05) is 6.04 Å². The van der Waals surface area contributed by atoms with Crippen LogP contribution >= 0.6 is 0 Å². The molecule has 1 rings (SSSR count). The normalized spacial score (nSPS) is 32.5. The number of rotatable bonds is 2. The maximum absolute atomic E-state index is 10.3. The van der Waals surface area contributed by atoms with Crippen molar-refractivity contribution >= 4 is 5.97 Å². The first-order valence-electron chi connectivity index (χ1n) is 3.33. The van der Waals surface area contributed by atoms with E-state index in [1.54, 1.807) is 0 Å². The highest BCUT2D eigenvalue weighted by Gasteiger charge is 2.27. The highest BCUT2D eigenvalue weighted by molar-refractivity contribution is 5.73. The summed E-state index contributed by atoms with van der Waals surface area (Å²) in [5.74, 6) is -0.823. The monoisotopic (exact) mass is 145 g/mol. The molecule has 4 heteroatoms. The van der Waals surface area contributed by atoms with E-state index in [-0.39, 0.29) is 12.6 Å². The van der Waals surface area contributed by atoms with Crippen molar-refractivity contribution in [2.75, 3.05) is 6.61 Å². The summed E-state index contributed by atoms with van der Waals surface area (Å²) in [6.07, 6.45) is 1.38. The van der Waals surface area contributed by atoms with Gasteiger partial charge in [-0.15, -0.1) is 0 Å². The van der Waals surface area contributed by atoms with Gasteiger partial charge in [-0.2, -0.15) is 0 Å². The van der Waals surface area contributed by atoms with Crippen LogP contribution in [0.5, 0.6) is 0 Å². The minimum absolute atomic E-state index is 0.0129. The number of hydrogen-bond donors (Lipinski definition) is 3. The Bertz CT molecular complexity index is 137. The van der Waals surface area contributed by atoms with E-state index in [1.165, 1.54) is 0 Å². The van der Waals surface area contributed by atoms with E-state index in [0.29, 0.717) is 6.42 Å². The second-order valence-corrected chi connectivity index (χ2v) is 2.51. The van der Waals surface area contributed by atoms with Gasteiger partial charge in [0.15, 0.2) is 0 Å². The molecule has 0 saturated carbocycles. The molecule has 1 saturated heterocycles. The summed E-state index contributed by atoms with van der Waals surface area (Å²) in [5, 5.41) is 19.9. The van der Waals surface area contributed by atoms with Crippen LogP contribution in [0, 0.1) is 0 Å². The molecule has 0 spiro atoms. The summed E-state index contributed by atoms with van der Waals surface area (Å²) in [5.41, 5.74) is 0. The van der Waals surface area contributed by atoms with E-state index in [9.17, 15) is 4.79 Å². The first kappa shape index (κ1) is 7.50. The van der Waals surface area contributed by atoms with Crippen molar-refractivity contribution in [1.82, 2.24) is 5.32 Å². The van der Waals surface area contributed by atoms with Crippen LogP contribution in [0.4, 0.5) is 0 Å². The third-order valence-corrected chi connectivity index (χ3v) is 1.76. The second kappa shape index (κ2) is 2.98. The summed E-state index contributed by atoms with van der Waals surface area (Å²) in [6.45, 7) is 0.0315. The fourth-order valence-electron chi connectivity index (χ4n) is 1.16. The Morgan fingerprint density at radius 3 is 2.60 bits per heavy atom. The zero-order chi connectivity index (χ0) is 7.56. The van der Waals surface area contributed by atoms with E-state index in [0.717, 1.165) is 6.42 Å². The van der Waals surface area contributed by atoms with E-state index in [4.69, 9.17) is 10.2 Å². The van der Waals surface area contributed by atoms with Crippen molar-refractivity contribution in [2.45, 2.75) is 24.9 Å². The average Bonchev–Trinajstić information content (AvgIpc) is 2.34. The standard InChI is InChI=1S/C6H11NO3/c8-3-4-1-2-5(7-4)6(9)10/h4-5,7-8H,1-3H2,(H,9,10). The minimum Gasteiger partial charge on any atom is -0.480 e. The molecule has 4 nitrogen and oxygen atoms in total. The topological polar surface area (TPSA) is 69.6 Å². The summed E-state index contributed by atoms with van der Waals surface area (Å²) >= 11 is 0. The zero-order valence-corrected chi connectivity index (χ0v) is 5.58. The molecule has 1 heterocycles. The van der Waals surface area contributed by atoms with Crippen LogP contribution in [-0.2, 0) is 4.79 Å².